The molecule has 0 unspecified atom stereocenters. The van der Waals surface area contributed by atoms with Crippen molar-refractivity contribution in [1.29, 1.82) is 0 Å². The van der Waals surface area contributed by atoms with E-state index in [1.807, 2.05) is 74.0 Å². The number of rotatable bonds is 9. The van der Waals surface area contributed by atoms with Gasteiger partial charge in [-0.1, -0.05) is 30.3 Å². The van der Waals surface area contributed by atoms with Crippen LogP contribution in [0, 0.1) is 20.8 Å². The number of benzene rings is 3. The number of ether oxygens (including phenoxy) is 1. The maximum atomic E-state index is 12.9. The Balaban J connectivity index is 1.10. The van der Waals surface area contributed by atoms with Crippen LogP contribution in [0.2, 0.25) is 0 Å². The molecule has 0 saturated carbocycles. The summed E-state index contributed by atoms with van der Waals surface area (Å²) in [4.78, 5) is 17.8. The highest BCUT2D eigenvalue weighted by Crippen LogP contribution is 2.28. The third-order valence-corrected chi connectivity index (χ3v) is 7.22. The molecule has 2 amide bonds. The molecule has 5 rings (SSSR count). The first-order valence-electron chi connectivity index (χ1n) is 13.9. The summed E-state index contributed by atoms with van der Waals surface area (Å²) < 4.78 is 8.03. The zero-order chi connectivity index (χ0) is 27.9. The molecule has 0 aliphatic carbocycles. The number of nitrogens with zero attached hydrogens (tertiary/aromatic N) is 4. The van der Waals surface area contributed by atoms with Gasteiger partial charge in [0.05, 0.1) is 23.7 Å². The van der Waals surface area contributed by atoms with Gasteiger partial charge in [0, 0.05) is 49.8 Å². The number of urea groups is 1. The van der Waals surface area contributed by atoms with Crippen LogP contribution in [0.4, 0.5) is 21.9 Å². The number of aromatic nitrogens is 2. The van der Waals surface area contributed by atoms with Crippen LogP contribution in [0.1, 0.15) is 23.4 Å². The number of carbonyl (C=O) groups excluding carboxylic acids is 1. The lowest BCUT2D eigenvalue weighted by molar-refractivity contribution is 0.225. The van der Waals surface area contributed by atoms with Crippen LogP contribution in [0.25, 0.3) is 5.69 Å². The minimum atomic E-state index is -0.311. The van der Waals surface area contributed by atoms with Crippen LogP contribution >= 0.6 is 0 Å². The molecule has 3 aromatic carbocycles. The highest BCUT2D eigenvalue weighted by atomic mass is 16.5. The molecule has 0 bridgehead atoms. The summed E-state index contributed by atoms with van der Waals surface area (Å²) in [5.41, 5.74) is 6.62. The number of aryl methyl sites for hydroxylation is 3. The Labute approximate surface area is 236 Å². The van der Waals surface area contributed by atoms with Gasteiger partial charge in [0.25, 0.3) is 0 Å². The third-order valence-electron chi connectivity index (χ3n) is 7.22. The first kappa shape index (κ1) is 27.3. The Morgan fingerprint density at radius 2 is 1.60 bits per heavy atom. The Morgan fingerprint density at radius 1 is 0.850 bits per heavy atom. The van der Waals surface area contributed by atoms with Crippen molar-refractivity contribution in [3.8, 4) is 11.4 Å². The number of carbonyl (C=O) groups is 1. The molecule has 0 spiro atoms. The fourth-order valence-corrected chi connectivity index (χ4v) is 5.11. The molecule has 8 heteroatoms. The van der Waals surface area contributed by atoms with Gasteiger partial charge in [-0.25, -0.2) is 9.48 Å². The SMILES string of the molecule is Cc1cc(C)n(-c2ccc(NC(=O)Nc3c(C)cccc3OCCCN3CCN(c4ccccc4)CC3)cc2)n1. The number of piperazine rings is 1. The van der Waals surface area contributed by atoms with Gasteiger partial charge in [-0.2, -0.15) is 5.10 Å². The maximum Gasteiger partial charge on any atom is 0.323 e. The molecular weight excluding hydrogens is 500 g/mol. The normalized spacial score (nSPS) is 13.7. The second-order valence-corrected chi connectivity index (χ2v) is 10.3. The number of para-hydroxylation sites is 2. The van der Waals surface area contributed by atoms with E-state index in [1.165, 1.54) is 5.69 Å². The van der Waals surface area contributed by atoms with Crippen LogP contribution in [-0.4, -0.2) is 60.0 Å². The summed E-state index contributed by atoms with van der Waals surface area (Å²) in [6, 6.07) is 25.8. The summed E-state index contributed by atoms with van der Waals surface area (Å²) in [5, 5.41) is 10.4. The Kier molecular flexibility index (Phi) is 8.66. The summed E-state index contributed by atoms with van der Waals surface area (Å²) >= 11 is 0. The predicted molar refractivity (Wildman–Crippen MR) is 162 cm³/mol. The Bertz CT molecular complexity index is 1410. The second-order valence-electron chi connectivity index (χ2n) is 10.3. The number of hydrogen-bond acceptors (Lipinski definition) is 5. The van der Waals surface area contributed by atoms with E-state index in [1.54, 1.807) is 0 Å². The minimum Gasteiger partial charge on any atom is -0.491 e. The van der Waals surface area contributed by atoms with E-state index in [0.717, 1.165) is 61.8 Å². The van der Waals surface area contributed by atoms with Crippen molar-refractivity contribution in [1.82, 2.24) is 14.7 Å². The van der Waals surface area contributed by atoms with Crippen LogP contribution < -0.4 is 20.3 Å². The topological polar surface area (TPSA) is 74.7 Å². The number of anilines is 3. The van der Waals surface area contributed by atoms with Crippen molar-refractivity contribution in [3.05, 3.63) is 95.8 Å². The lowest BCUT2D eigenvalue weighted by Crippen LogP contribution is -2.46. The lowest BCUT2D eigenvalue weighted by atomic mass is 10.2. The molecule has 2 heterocycles. The maximum absolute atomic E-state index is 12.9. The second kappa shape index (κ2) is 12.7. The molecule has 1 saturated heterocycles. The average Bonchev–Trinajstić information content (AvgIpc) is 3.31. The van der Waals surface area contributed by atoms with Crippen molar-refractivity contribution in [2.24, 2.45) is 0 Å². The van der Waals surface area contributed by atoms with Crippen LogP contribution in [-0.2, 0) is 0 Å². The first-order valence-corrected chi connectivity index (χ1v) is 13.9. The molecule has 4 aromatic rings. The molecule has 40 heavy (non-hydrogen) atoms. The highest BCUT2D eigenvalue weighted by Gasteiger charge is 2.17. The number of amides is 2. The van der Waals surface area contributed by atoms with Gasteiger partial charge in [-0.15, -0.1) is 0 Å². The van der Waals surface area contributed by atoms with E-state index >= 15 is 0 Å². The third kappa shape index (κ3) is 6.82. The minimum absolute atomic E-state index is 0.311. The fourth-order valence-electron chi connectivity index (χ4n) is 5.11. The summed E-state index contributed by atoms with van der Waals surface area (Å²) in [6.45, 7) is 11.7. The van der Waals surface area contributed by atoms with Crippen molar-refractivity contribution in [3.63, 3.8) is 0 Å². The van der Waals surface area contributed by atoms with Gasteiger partial charge in [0.1, 0.15) is 5.75 Å². The zero-order valence-corrected chi connectivity index (χ0v) is 23.6. The molecule has 0 radical (unpaired) electrons. The first-order chi connectivity index (χ1) is 19.5. The fraction of sp³-hybridized carbons (Fsp3) is 0.312. The molecule has 208 valence electrons. The van der Waals surface area contributed by atoms with Gasteiger partial charge >= 0.3 is 6.03 Å². The average molecular weight is 539 g/mol. The zero-order valence-electron chi connectivity index (χ0n) is 23.6. The molecule has 0 atom stereocenters. The van der Waals surface area contributed by atoms with Gasteiger partial charge in [0.2, 0.25) is 0 Å². The Morgan fingerprint density at radius 3 is 2.30 bits per heavy atom. The number of nitrogens with one attached hydrogen (secondary N) is 2. The molecule has 2 N–H and O–H groups in total. The Hall–Kier alpha value is -4.30. The summed E-state index contributed by atoms with van der Waals surface area (Å²) in [6.07, 6.45) is 0.923. The smallest absolute Gasteiger partial charge is 0.323 e. The van der Waals surface area contributed by atoms with E-state index in [2.05, 4.69) is 55.9 Å². The standard InChI is InChI=1S/C32H38N6O2/c1-24-9-7-12-30(40-22-8-17-36-18-20-37(21-19-36)28-10-5-4-6-11-28)31(24)34-32(39)33-27-13-15-29(16-14-27)38-26(3)23-25(2)35-38/h4-7,9-16,23H,8,17-22H2,1-3H3,(H2,33,34,39). The summed E-state index contributed by atoms with van der Waals surface area (Å²) in [5.74, 6) is 0.684. The molecule has 1 fully saturated rings. The van der Waals surface area contributed by atoms with E-state index in [4.69, 9.17) is 4.74 Å². The van der Waals surface area contributed by atoms with Crippen molar-refractivity contribution in [2.45, 2.75) is 27.2 Å². The summed E-state index contributed by atoms with van der Waals surface area (Å²) in [7, 11) is 0. The van der Waals surface area contributed by atoms with E-state index in [9.17, 15) is 4.79 Å². The molecule has 1 aliphatic heterocycles. The van der Waals surface area contributed by atoms with E-state index in [0.29, 0.717) is 23.7 Å². The molecular formula is C32H38N6O2. The molecule has 1 aliphatic rings. The van der Waals surface area contributed by atoms with E-state index < -0.39 is 0 Å². The van der Waals surface area contributed by atoms with Gasteiger partial charge < -0.3 is 20.3 Å². The van der Waals surface area contributed by atoms with Crippen molar-refractivity contribution < 1.29 is 9.53 Å². The van der Waals surface area contributed by atoms with Crippen LogP contribution in [0.3, 0.4) is 0 Å². The number of hydrogen-bond donors (Lipinski definition) is 2. The van der Waals surface area contributed by atoms with Gasteiger partial charge in [-0.05, 0) is 81.3 Å². The van der Waals surface area contributed by atoms with Gasteiger partial charge in [0.15, 0.2) is 0 Å². The molecule has 1 aromatic heterocycles. The van der Waals surface area contributed by atoms with E-state index in [-0.39, 0.29) is 6.03 Å². The predicted octanol–water partition coefficient (Wildman–Crippen LogP) is 6.03. The largest absolute Gasteiger partial charge is 0.491 e. The monoisotopic (exact) mass is 538 g/mol. The molecule has 8 nitrogen and oxygen atoms in total. The lowest BCUT2D eigenvalue weighted by Gasteiger charge is -2.36. The quantitative estimate of drug-likeness (QED) is 0.255. The van der Waals surface area contributed by atoms with Gasteiger partial charge in [-0.3, -0.25) is 4.90 Å². The van der Waals surface area contributed by atoms with Crippen molar-refractivity contribution in [2.75, 3.05) is 54.9 Å². The van der Waals surface area contributed by atoms with Crippen LogP contribution in [0.5, 0.6) is 5.75 Å². The highest BCUT2D eigenvalue weighted by molar-refractivity contribution is 6.01. The van der Waals surface area contributed by atoms with Crippen molar-refractivity contribution >= 4 is 23.1 Å². The van der Waals surface area contributed by atoms with Crippen LogP contribution in [0.15, 0.2) is 78.9 Å².